The van der Waals surface area contributed by atoms with Gasteiger partial charge in [-0.25, -0.2) is 4.79 Å². The zero-order valence-electron chi connectivity index (χ0n) is 15.9. The SMILES string of the molecule is COc1cc(C(=O)O)cc(C(=O)NC[C@H](c2cccnc2)N2CCCCC2)c1. The molecule has 0 saturated carbocycles. The number of carbonyl (C=O) groups is 2. The number of hydrogen-bond donors (Lipinski definition) is 2. The van der Waals surface area contributed by atoms with Gasteiger partial charge >= 0.3 is 5.97 Å². The van der Waals surface area contributed by atoms with E-state index < -0.39 is 5.97 Å². The molecular weight excluding hydrogens is 358 g/mol. The van der Waals surface area contributed by atoms with Crippen molar-refractivity contribution in [3.05, 3.63) is 59.4 Å². The highest BCUT2D eigenvalue weighted by atomic mass is 16.5. The van der Waals surface area contributed by atoms with E-state index in [2.05, 4.69) is 15.2 Å². The summed E-state index contributed by atoms with van der Waals surface area (Å²) in [6.07, 6.45) is 7.08. The third kappa shape index (κ3) is 4.86. The molecule has 1 aromatic carbocycles. The van der Waals surface area contributed by atoms with Gasteiger partial charge < -0.3 is 15.2 Å². The number of carbonyl (C=O) groups excluding carboxylic acids is 1. The largest absolute Gasteiger partial charge is 0.497 e. The lowest BCUT2D eigenvalue weighted by Crippen LogP contribution is -2.40. The second-order valence-corrected chi connectivity index (χ2v) is 6.86. The average Bonchev–Trinajstić information content (AvgIpc) is 2.74. The highest BCUT2D eigenvalue weighted by Crippen LogP contribution is 2.24. The second kappa shape index (κ2) is 9.32. The van der Waals surface area contributed by atoms with Gasteiger partial charge in [-0.05, 0) is 55.8 Å². The fourth-order valence-electron chi connectivity index (χ4n) is 3.52. The van der Waals surface area contributed by atoms with Gasteiger partial charge in [-0.2, -0.15) is 0 Å². The van der Waals surface area contributed by atoms with Crippen molar-refractivity contribution in [1.82, 2.24) is 15.2 Å². The van der Waals surface area contributed by atoms with E-state index in [0.29, 0.717) is 12.3 Å². The number of benzene rings is 1. The van der Waals surface area contributed by atoms with E-state index in [0.717, 1.165) is 31.5 Å². The number of likely N-dealkylation sites (tertiary alicyclic amines) is 1. The number of carboxylic acid groups (broad SMARTS) is 1. The quantitative estimate of drug-likeness (QED) is 0.764. The van der Waals surface area contributed by atoms with Crippen molar-refractivity contribution in [3.63, 3.8) is 0 Å². The molecular formula is C21H25N3O4. The van der Waals surface area contributed by atoms with Crippen LogP contribution in [-0.2, 0) is 0 Å². The van der Waals surface area contributed by atoms with Crippen LogP contribution in [0.3, 0.4) is 0 Å². The zero-order chi connectivity index (χ0) is 19.9. The van der Waals surface area contributed by atoms with E-state index in [1.807, 2.05) is 18.3 Å². The van der Waals surface area contributed by atoms with Crippen molar-refractivity contribution in [1.29, 1.82) is 0 Å². The summed E-state index contributed by atoms with van der Waals surface area (Å²) in [4.78, 5) is 30.6. The van der Waals surface area contributed by atoms with Crippen LogP contribution in [0, 0.1) is 0 Å². The van der Waals surface area contributed by atoms with E-state index in [1.165, 1.54) is 25.7 Å². The molecule has 28 heavy (non-hydrogen) atoms. The maximum absolute atomic E-state index is 12.7. The Kier molecular flexibility index (Phi) is 6.60. The van der Waals surface area contributed by atoms with E-state index in [4.69, 9.17) is 4.74 Å². The minimum atomic E-state index is -1.10. The fourth-order valence-corrected chi connectivity index (χ4v) is 3.52. The summed E-state index contributed by atoms with van der Waals surface area (Å²) >= 11 is 0. The summed E-state index contributed by atoms with van der Waals surface area (Å²) in [5, 5.41) is 12.2. The minimum absolute atomic E-state index is 0.0179. The molecule has 2 N–H and O–H groups in total. The molecule has 0 aliphatic carbocycles. The first kappa shape index (κ1) is 19.8. The molecule has 7 nitrogen and oxygen atoms in total. The summed E-state index contributed by atoms with van der Waals surface area (Å²) in [5.41, 5.74) is 1.34. The maximum Gasteiger partial charge on any atom is 0.335 e. The Balaban J connectivity index is 1.76. The van der Waals surface area contributed by atoms with Crippen LogP contribution < -0.4 is 10.1 Å². The molecule has 3 rings (SSSR count). The van der Waals surface area contributed by atoms with Crippen LogP contribution in [-0.4, -0.2) is 53.6 Å². The minimum Gasteiger partial charge on any atom is -0.497 e. The van der Waals surface area contributed by atoms with E-state index in [1.54, 1.807) is 12.3 Å². The summed E-state index contributed by atoms with van der Waals surface area (Å²) in [5.74, 6) is -1.09. The first-order chi connectivity index (χ1) is 13.6. The summed E-state index contributed by atoms with van der Waals surface area (Å²) in [6, 6.07) is 8.25. The molecule has 0 bridgehead atoms. The molecule has 0 radical (unpaired) electrons. The number of amides is 1. The Morgan fingerprint density at radius 2 is 1.96 bits per heavy atom. The molecule has 2 heterocycles. The van der Waals surface area contributed by atoms with Crippen molar-refractivity contribution < 1.29 is 19.4 Å². The monoisotopic (exact) mass is 383 g/mol. The molecule has 1 aliphatic rings. The van der Waals surface area contributed by atoms with Gasteiger partial charge in [0.2, 0.25) is 0 Å². The van der Waals surface area contributed by atoms with E-state index >= 15 is 0 Å². The fraction of sp³-hybridized carbons (Fsp3) is 0.381. The standard InChI is InChI=1S/C21H25N3O4/c1-28-18-11-16(10-17(12-18)21(26)27)20(25)23-14-19(15-6-5-7-22-13-15)24-8-3-2-4-9-24/h5-7,10-13,19H,2-4,8-9,14H2,1H3,(H,23,25)(H,26,27)/t19-/m1/s1. The first-order valence-electron chi connectivity index (χ1n) is 9.43. The zero-order valence-corrected chi connectivity index (χ0v) is 15.9. The molecule has 0 spiro atoms. The Bertz CT molecular complexity index is 820. The van der Waals surface area contributed by atoms with Crippen LogP contribution in [0.25, 0.3) is 0 Å². The number of aromatic carboxylic acids is 1. The van der Waals surface area contributed by atoms with E-state index in [-0.39, 0.29) is 23.1 Å². The summed E-state index contributed by atoms with van der Waals surface area (Å²) < 4.78 is 5.13. The molecule has 1 fully saturated rings. The van der Waals surface area contributed by atoms with Crippen molar-refractivity contribution in [2.24, 2.45) is 0 Å². The molecule has 1 aliphatic heterocycles. The van der Waals surface area contributed by atoms with Crippen molar-refractivity contribution in [3.8, 4) is 5.75 Å². The van der Waals surface area contributed by atoms with Gasteiger partial charge in [0.15, 0.2) is 0 Å². The molecule has 7 heteroatoms. The number of pyridine rings is 1. The molecule has 1 amide bonds. The van der Waals surface area contributed by atoms with Crippen molar-refractivity contribution >= 4 is 11.9 Å². The van der Waals surface area contributed by atoms with Crippen molar-refractivity contribution in [2.75, 3.05) is 26.7 Å². The molecule has 1 aromatic heterocycles. The van der Waals surface area contributed by atoms with Crippen LogP contribution >= 0.6 is 0 Å². The van der Waals surface area contributed by atoms with Crippen LogP contribution in [0.15, 0.2) is 42.7 Å². The Labute approximate surface area is 164 Å². The van der Waals surface area contributed by atoms with Crippen LogP contribution in [0.1, 0.15) is 51.6 Å². The number of piperidine rings is 1. The average molecular weight is 383 g/mol. The predicted octanol–water partition coefficient (Wildman–Crippen LogP) is 2.75. The highest BCUT2D eigenvalue weighted by Gasteiger charge is 2.23. The first-order valence-corrected chi connectivity index (χ1v) is 9.43. The number of hydrogen-bond acceptors (Lipinski definition) is 5. The third-order valence-corrected chi connectivity index (χ3v) is 5.01. The number of nitrogens with one attached hydrogen (secondary N) is 1. The molecule has 1 saturated heterocycles. The third-order valence-electron chi connectivity index (χ3n) is 5.01. The summed E-state index contributed by atoms with van der Waals surface area (Å²) in [6.45, 7) is 2.39. The normalized spacial score (nSPS) is 15.6. The number of methoxy groups -OCH3 is 1. The van der Waals surface area contributed by atoms with Gasteiger partial charge in [0, 0.05) is 24.5 Å². The lowest BCUT2D eigenvalue weighted by molar-refractivity contribution is 0.0696. The number of ether oxygens (including phenoxy) is 1. The van der Waals surface area contributed by atoms with Gasteiger partial charge in [-0.15, -0.1) is 0 Å². The Hall–Kier alpha value is -2.93. The lowest BCUT2D eigenvalue weighted by Gasteiger charge is -2.34. The van der Waals surface area contributed by atoms with Gasteiger partial charge in [-0.3, -0.25) is 14.7 Å². The van der Waals surface area contributed by atoms with Crippen LogP contribution in [0.4, 0.5) is 0 Å². The van der Waals surface area contributed by atoms with E-state index in [9.17, 15) is 14.7 Å². The second-order valence-electron chi connectivity index (χ2n) is 6.86. The highest BCUT2D eigenvalue weighted by molar-refractivity contribution is 5.98. The van der Waals surface area contributed by atoms with Gasteiger partial charge in [-0.1, -0.05) is 12.5 Å². The predicted molar refractivity (Wildman–Crippen MR) is 105 cm³/mol. The molecule has 2 aromatic rings. The molecule has 148 valence electrons. The van der Waals surface area contributed by atoms with Crippen LogP contribution in [0.5, 0.6) is 5.75 Å². The Morgan fingerprint density at radius 3 is 2.61 bits per heavy atom. The number of carboxylic acids is 1. The number of nitrogens with zero attached hydrogens (tertiary/aromatic N) is 2. The maximum atomic E-state index is 12.7. The Morgan fingerprint density at radius 1 is 1.21 bits per heavy atom. The van der Waals surface area contributed by atoms with Gasteiger partial charge in [0.1, 0.15) is 5.75 Å². The molecule has 1 atom stereocenters. The van der Waals surface area contributed by atoms with Crippen LogP contribution in [0.2, 0.25) is 0 Å². The smallest absolute Gasteiger partial charge is 0.335 e. The molecule has 0 unspecified atom stereocenters. The lowest BCUT2D eigenvalue weighted by atomic mass is 10.0. The van der Waals surface area contributed by atoms with Crippen molar-refractivity contribution in [2.45, 2.75) is 25.3 Å². The van der Waals surface area contributed by atoms with Gasteiger partial charge in [0.25, 0.3) is 5.91 Å². The number of aromatic nitrogens is 1. The van der Waals surface area contributed by atoms with Gasteiger partial charge in [0.05, 0.1) is 18.7 Å². The summed E-state index contributed by atoms with van der Waals surface area (Å²) in [7, 11) is 1.44. The number of rotatable bonds is 7. The topological polar surface area (TPSA) is 91.8 Å².